The minimum Gasteiger partial charge on any atom is -0.497 e. The molecule has 2 aromatic carbocycles. The first kappa shape index (κ1) is 34.5. The average molecular weight is 653 g/mol. The fourth-order valence-electron chi connectivity index (χ4n) is 4.21. The number of carbonyl (C=O) groups is 4. The van der Waals surface area contributed by atoms with Crippen molar-refractivity contribution in [1.82, 2.24) is 16.0 Å². The number of carbonyl (C=O) groups excluding carboxylic acids is 4. The average Bonchev–Trinajstić information content (AvgIpc) is 3.43. The number of nitrogens with two attached hydrogens (primary N) is 1. The van der Waals surface area contributed by atoms with Crippen LogP contribution < -0.4 is 26.4 Å². The maximum absolute atomic E-state index is 13.7. The van der Waals surface area contributed by atoms with Crippen LogP contribution in [0.15, 0.2) is 60.7 Å². The van der Waals surface area contributed by atoms with Gasteiger partial charge in [-0.2, -0.15) is 13.2 Å². The SMILES string of the molecule is COc1ccc([C@H](NC(=O)[C@H](Cc2ccc(CN)cc2)NC(=O)c2ccc(Cl)s2)C(=O)N[C@H](C(=O)C(F)(F)F)C(C)C)cc1. The summed E-state index contributed by atoms with van der Waals surface area (Å²) in [4.78, 5) is 52.6. The van der Waals surface area contributed by atoms with E-state index in [2.05, 4.69) is 16.0 Å². The van der Waals surface area contributed by atoms with E-state index >= 15 is 0 Å². The molecule has 44 heavy (non-hydrogen) atoms. The van der Waals surface area contributed by atoms with Crippen molar-refractivity contribution in [3.05, 3.63) is 86.6 Å². The van der Waals surface area contributed by atoms with Crippen molar-refractivity contribution < 1.29 is 37.1 Å². The van der Waals surface area contributed by atoms with Gasteiger partial charge in [0, 0.05) is 13.0 Å². The van der Waals surface area contributed by atoms with Crippen molar-refractivity contribution in [2.75, 3.05) is 7.11 Å². The summed E-state index contributed by atoms with van der Waals surface area (Å²) in [6.45, 7) is 3.01. The molecule has 3 aromatic rings. The molecule has 1 heterocycles. The van der Waals surface area contributed by atoms with Crippen molar-refractivity contribution >= 4 is 46.4 Å². The Morgan fingerprint density at radius 3 is 2.00 bits per heavy atom. The van der Waals surface area contributed by atoms with Gasteiger partial charge in [-0.15, -0.1) is 11.3 Å². The summed E-state index contributed by atoms with van der Waals surface area (Å²) in [6, 6.07) is 11.3. The summed E-state index contributed by atoms with van der Waals surface area (Å²) in [5, 5.41) is 7.37. The van der Waals surface area contributed by atoms with Gasteiger partial charge in [0.1, 0.15) is 17.8 Å². The minimum absolute atomic E-state index is 0.000335. The van der Waals surface area contributed by atoms with E-state index in [-0.39, 0.29) is 16.9 Å². The molecule has 0 saturated heterocycles. The van der Waals surface area contributed by atoms with Gasteiger partial charge in [-0.3, -0.25) is 19.2 Å². The van der Waals surface area contributed by atoms with Gasteiger partial charge in [-0.25, -0.2) is 0 Å². The first-order valence-corrected chi connectivity index (χ1v) is 14.6. The largest absolute Gasteiger partial charge is 0.497 e. The van der Waals surface area contributed by atoms with Crippen LogP contribution in [0, 0.1) is 5.92 Å². The van der Waals surface area contributed by atoms with E-state index < -0.39 is 53.7 Å². The predicted molar refractivity (Wildman–Crippen MR) is 160 cm³/mol. The van der Waals surface area contributed by atoms with Crippen molar-refractivity contribution in [2.24, 2.45) is 11.7 Å². The zero-order chi connectivity index (χ0) is 32.6. The third-order valence-corrected chi connectivity index (χ3v) is 7.87. The Kier molecular flexibility index (Phi) is 11.9. The first-order chi connectivity index (χ1) is 20.7. The molecule has 0 radical (unpaired) electrons. The van der Waals surface area contributed by atoms with Crippen LogP contribution in [0.4, 0.5) is 13.2 Å². The molecule has 0 aliphatic carbocycles. The lowest BCUT2D eigenvalue weighted by atomic mass is 9.97. The highest BCUT2D eigenvalue weighted by atomic mass is 35.5. The number of halogens is 4. The lowest BCUT2D eigenvalue weighted by Crippen LogP contribution is -2.55. The maximum Gasteiger partial charge on any atom is 0.452 e. The number of methoxy groups -OCH3 is 1. The van der Waals surface area contributed by atoms with Gasteiger partial charge in [0.05, 0.1) is 22.4 Å². The van der Waals surface area contributed by atoms with Crippen molar-refractivity contribution in [3.63, 3.8) is 0 Å². The topological polar surface area (TPSA) is 140 Å². The van der Waals surface area contributed by atoms with Crippen molar-refractivity contribution in [2.45, 2.75) is 51.1 Å². The molecule has 3 atom stereocenters. The van der Waals surface area contributed by atoms with Crippen molar-refractivity contribution in [3.8, 4) is 5.75 Å². The Morgan fingerprint density at radius 1 is 0.886 bits per heavy atom. The number of ketones is 1. The molecular formula is C30H32ClF3N4O5S. The second-order valence-corrected chi connectivity index (χ2v) is 11.9. The van der Waals surface area contributed by atoms with Gasteiger partial charge in [0.15, 0.2) is 0 Å². The lowest BCUT2D eigenvalue weighted by Gasteiger charge is -2.27. The van der Waals surface area contributed by atoms with Crippen LogP contribution >= 0.6 is 22.9 Å². The van der Waals surface area contributed by atoms with E-state index in [4.69, 9.17) is 22.1 Å². The van der Waals surface area contributed by atoms with Gasteiger partial charge in [-0.05, 0) is 46.9 Å². The fraction of sp³-hybridized carbons (Fsp3) is 0.333. The van der Waals surface area contributed by atoms with E-state index in [1.54, 1.807) is 24.3 Å². The summed E-state index contributed by atoms with van der Waals surface area (Å²) in [5.41, 5.74) is 7.37. The number of thiophene rings is 1. The van der Waals surface area contributed by atoms with Crippen molar-refractivity contribution in [1.29, 1.82) is 0 Å². The van der Waals surface area contributed by atoms with Gasteiger partial charge < -0.3 is 26.4 Å². The van der Waals surface area contributed by atoms with Crippen LogP contribution in [0.25, 0.3) is 0 Å². The summed E-state index contributed by atoms with van der Waals surface area (Å²) < 4.78 is 45.4. The molecule has 3 amide bonds. The van der Waals surface area contributed by atoms with Crippen LogP contribution in [0.3, 0.4) is 0 Å². The number of benzene rings is 2. The Labute approximate surface area is 261 Å². The number of ether oxygens (including phenoxy) is 1. The highest BCUT2D eigenvalue weighted by Gasteiger charge is 2.45. The number of alkyl halides is 3. The monoisotopic (exact) mass is 652 g/mol. The van der Waals surface area contributed by atoms with Crippen LogP contribution in [-0.2, 0) is 27.3 Å². The Balaban J connectivity index is 1.95. The summed E-state index contributed by atoms with van der Waals surface area (Å²) >= 11 is 6.97. The smallest absolute Gasteiger partial charge is 0.452 e. The molecule has 0 spiro atoms. The molecule has 0 aliphatic rings. The number of Topliss-reactive ketones (excluding diaryl/α,β-unsaturated/α-hetero) is 1. The molecule has 236 valence electrons. The van der Waals surface area contributed by atoms with E-state index in [9.17, 15) is 32.3 Å². The lowest BCUT2D eigenvalue weighted by molar-refractivity contribution is -0.175. The van der Waals surface area contributed by atoms with Gasteiger partial charge in [-0.1, -0.05) is 61.8 Å². The summed E-state index contributed by atoms with van der Waals surface area (Å²) in [7, 11) is 1.42. The normalized spacial score (nSPS) is 13.5. The molecule has 0 fully saturated rings. The molecule has 0 aliphatic heterocycles. The molecule has 14 heteroatoms. The number of hydrogen-bond acceptors (Lipinski definition) is 7. The highest BCUT2D eigenvalue weighted by Crippen LogP contribution is 2.24. The standard InChI is InChI=1S/C30H32ClF3N4O5S/c1-16(2)24(26(39)30(32,33)34)37-29(42)25(19-8-10-20(43-3)11-9-19)38-27(40)21(14-17-4-6-18(15-35)7-5-17)36-28(41)22-12-13-23(31)44-22/h4-13,16,21,24-25H,14-15,35H2,1-3H3,(H,36,41)(H,37,42)(H,38,40)/t21-,24-,25-/m0/s1. The minimum atomic E-state index is -5.19. The number of rotatable bonds is 13. The van der Waals surface area contributed by atoms with E-state index in [1.165, 1.54) is 57.4 Å². The molecule has 9 nitrogen and oxygen atoms in total. The van der Waals surface area contributed by atoms with Crippen LogP contribution in [0.5, 0.6) is 5.75 Å². The molecule has 1 aromatic heterocycles. The zero-order valence-corrected chi connectivity index (χ0v) is 25.6. The fourth-order valence-corrected chi connectivity index (χ4v) is 5.16. The van der Waals surface area contributed by atoms with Gasteiger partial charge in [0.25, 0.3) is 11.7 Å². The molecule has 0 saturated carbocycles. The highest BCUT2D eigenvalue weighted by molar-refractivity contribution is 7.18. The van der Waals surface area contributed by atoms with E-state index in [0.717, 1.165) is 16.9 Å². The molecule has 5 N–H and O–H groups in total. The van der Waals surface area contributed by atoms with Crippen LogP contribution in [0.2, 0.25) is 4.34 Å². The Morgan fingerprint density at radius 2 is 1.50 bits per heavy atom. The number of amides is 3. The summed E-state index contributed by atoms with van der Waals surface area (Å²) in [6.07, 6.45) is -5.19. The van der Waals surface area contributed by atoms with E-state index in [0.29, 0.717) is 22.2 Å². The zero-order valence-electron chi connectivity index (χ0n) is 24.0. The third-order valence-electron chi connectivity index (χ3n) is 6.64. The Hall–Kier alpha value is -3.94. The summed E-state index contributed by atoms with van der Waals surface area (Å²) in [5.74, 6) is -5.07. The van der Waals surface area contributed by atoms with Gasteiger partial charge >= 0.3 is 6.18 Å². The molecular weight excluding hydrogens is 621 g/mol. The molecule has 3 rings (SSSR count). The van der Waals surface area contributed by atoms with E-state index in [1.807, 2.05) is 0 Å². The maximum atomic E-state index is 13.7. The first-order valence-electron chi connectivity index (χ1n) is 13.4. The second-order valence-electron chi connectivity index (χ2n) is 10.2. The number of nitrogens with one attached hydrogen (secondary N) is 3. The Bertz CT molecular complexity index is 1460. The molecule has 0 unspecified atom stereocenters. The number of hydrogen-bond donors (Lipinski definition) is 4. The quantitative estimate of drug-likeness (QED) is 0.217. The third kappa shape index (κ3) is 9.28. The van der Waals surface area contributed by atoms with Gasteiger partial charge in [0.2, 0.25) is 11.8 Å². The van der Waals surface area contributed by atoms with Crippen LogP contribution in [0.1, 0.15) is 46.3 Å². The second kappa shape index (κ2) is 15.2. The van der Waals surface area contributed by atoms with Crippen LogP contribution in [-0.4, -0.2) is 48.9 Å². The molecule has 0 bridgehead atoms. The predicted octanol–water partition coefficient (Wildman–Crippen LogP) is 4.34.